The molecule has 4 heteroatoms. The summed E-state index contributed by atoms with van der Waals surface area (Å²) in [5, 5.41) is 22.9. The number of phenolic OH excluding ortho intramolecular Hbond substituents is 1. The molecule has 0 aromatic heterocycles. The maximum Gasteiger partial charge on any atom is 0.503 e. The molecule has 0 aliphatic rings. The van der Waals surface area contributed by atoms with E-state index in [-0.39, 0.29) is 0 Å². The summed E-state index contributed by atoms with van der Waals surface area (Å²) >= 11 is 0. The van der Waals surface area contributed by atoms with Crippen molar-refractivity contribution in [3.8, 4) is 5.75 Å². The average Bonchev–Trinajstić information content (AvgIpc) is 2.07. The van der Waals surface area contributed by atoms with Gasteiger partial charge in [-0.25, -0.2) is 4.79 Å². The highest BCUT2D eigenvalue weighted by molar-refractivity contribution is 5.53. The third kappa shape index (κ3) is 8.36. The van der Waals surface area contributed by atoms with Crippen LogP contribution in [0.25, 0.3) is 0 Å². The monoisotopic (exact) mass is 210 g/mol. The molecule has 0 spiro atoms. The second-order valence-corrected chi connectivity index (χ2v) is 3.08. The molecule has 0 saturated carbocycles. The van der Waals surface area contributed by atoms with Crippen LogP contribution in [0.1, 0.15) is 12.5 Å². The van der Waals surface area contributed by atoms with Crippen molar-refractivity contribution in [1.29, 1.82) is 0 Å². The van der Waals surface area contributed by atoms with Gasteiger partial charge in [-0.1, -0.05) is 24.3 Å². The summed E-state index contributed by atoms with van der Waals surface area (Å²) in [6, 6.07) is 7.20. The number of allylic oxidation sites excluding steroid dienone is 1. The minimum atomic E-state index is -1.83. The Balaban J connectivity index is 0.000000423. The fourth-order valence-electron chi connectivity index (χ4n) is 0.962. The van der Waals surface area contributed by atoms with Gasteiger partial charge in [-0.15, -0.1) is 0 Å². The zero-order chi connectivity index (χ0) is 11.8. The highest BCUT2D eigenvalue weighted by Crippen LogP contribution is 2.11. The average molecular weight is 210 g/mol. The van der Waals surface area contributed by atoms with Crippen LogP contribution in [0.3, 0.4) is 0 Å². The minimum absolute atomic E-state index is 0.315. The Labute approximate surface area is 88.1 Å². The van der Waals surface area contributed by atoms with E-state index in [9.17, 15) is 0 Å². The van der Waals surface area contributed by atoms with Gasteiger partial charge in [0.1, 0.15) is 5.75 Å². The second kappa shape index (κ2) is 6.48. The molecule has 0 radical (unpaired) electrons. The van der Waals surface area contributed by atoms with Gasteiger partial charge in [0.15, 0.2) is 0 Å². The molecule has 4 nitrogen and oxygen atoms in total. The first-order chi connectivity index (χ1) is 6.91. The topological polar surface area (TPSA) is 77.8 Å². The maximum atomic E-state index is 8.97. The number of benzene rings is 1. The van der Waals surface area contributed by atoms with Gasteiger partial charge in [0, 0.05) is 0 Å². The number of phenols is 1. The Morgan fingerprint density at radius 1 is 1.27 bits per heavy atom. The van der Waals surface area contributed by atoms with Gasteiger partial charge in [0.25, 0.3) is 0 Å². The Hall–Kier alpha value is -1.97. The van der Waals surface area contributed by atoms with Crippen molar-refractivity contribution in [2.24, 2.45) is 0 Å². The Bertz CT molecular complexity index is 323. The van der Waals surface area contributed by atoms with Crippen molar-refractivity contribution >= 4 is 6.16 Å². The summed E-state index contributed by atoms with van der Waals surface area (Å²) in [5.74, 6) is 0.315. The van der Waals surface area contributed by atoms with Crippen LogP contribution in [0.15, 0.2) is 36.4 Å². The molecule has 0 saturated heterocycles. The van der Waals surface area contributed by atoms with E-state index in [1.54, 1.807) is 12.1 Å². The van der Waals surface area contributed by atoms with E-state index in [2.05, 4.69) is 6.58 Å². The summed E-state index contributed by atoms with van der Waals surface area (Å²) in [7, 11) is 0. The summed E-state index contributed by atoms with van der Waals surface area (Å²) in [5.41, 5.74) is 2.32. The van der Waals surface area contributed by atoms with Crippen molar-refractivity contribution in [2.45, 2.75) is 13.3 Å². The number of hydrogen-bond donors (Lipinski definition) is 3. The molecule has 0 aliphatic carbocycles. The van der Waals surface area contributed by atoms with Crippen molar-refractivity contribution in [3.05, 3.63) is 42.0 Å². The Morgan fingerprint density at radius 3 is 2.00 bits per heavy atom. The lowest BCUT2D eigenvalue weighted by molar-refractivity contribution is 0.137. The zero-order valence-corrected chi connectivity index (χ0v) is 8.47. The lowest BCUT2D eigenvalue weighted by Crippen LogP contribution is -1.83. The van der Waals surface area contributed by atoms with Crippen LogP contribution in [0.4, 0.5) is 4.79 Å². The van der Waals surface area contributed by atoms with Crippen LogP contribution >= 0.6 is 0 Å². The van der Waals surface area contributed by atoms with Crippen LogP contribution in [-0.2, 0) is 6.42 Å². The largest absolute Gasteiger partial charge is 0.508 e. The molecule has 1 aromatic carbocycles. The summed E-state index contributed by atoms with van der Waals surface area (Å²) in [6.45, 7) is 5.80. The van der Waals surface area contributed by atoms with E-state index in [1.807, 2.05) is 19.1 Å². The van der Waals surface area contributed by atoms with Crippen molar-refractivity contribution in [3.63, 3.8) is 0 Å². The van der Waals surface area contributed by atoms with E-state index in [0.717, 1.165) is 12.0 Å². The molecule has 0 unspecified atom stereocenters. The molecule has 0 aliphatic heterocycles. The molecule has 0 bridgehead atoms. The summed E-state index contributed by atoms with van der Waals surface area (Å²) < 4.78 is 0. The number of carboxylic acid groups (broad SMARTS) is 2. The number of rotatable bonds is 2. The molecule has 0 heterocycles. The van der Waals surface area contributed by atoms with Gasteiger partial charge in [-0.3, -0.25) is 0 Å². The Kier molecular flexibility index (Phi) is 5.63. The first-order valence-electron chi connectivity index (χ1n) is 4.26. The number of hydrogen-bond acceptors (Lipinski definition) is 2. The molecule has 3 N–H and O–H groups in total. The van der Waals surface area contributed by atoms with Gasteiger partial charge < -0.3 is 15.3 Å². The summed E-state index contributed by atoms with van der Waals surface area (Å²) in [6.07, 6.45) is -0.944. The SMILES string of the molecule is C=C(C)Cc1ccc(O)cc1.O=C(O)O. The molecular weight excluding hydrogens is 196 g/mol. The molecule has 82 valence electrons. The number of aromatic hydroxyl groups is 1. The zero-order valence-electron chi connectivity index (χ0n) is 8.47. The van der Waals surface area contributed by atoms with Crippen molar-refractivity contribution in [2.75, 3.05) is 0 Å². The predicted octanol–water partition coefficient (Wildman–Crippen LogP) is 2.73. The molecule has 0 amide bonds. The van der Waals surface area contributed by atoms with E-state index in [4.69, 9.17) is 20.1 Å². The van der Waals surface area contributed by atoms with Gasteiger partial charge >= 0.3 is 6.16 Å². The lowest BCUT2D eigenvalue weighted by Gasteiger charge is -1.99. The fraction of sp³-hybridized carbons (Fsp3) is 0.182. The Morgan fingerprint density at radius 2 is 1.67 bits per heavy atom. The van der Waals surface area contributed by atoms with E-state index < -0.39 is 6.16 Å². The van der Waals surface area contributed by atoms with Crippen molar-refractivity contribution in [1.82, 2.24) is 0 Å². The quantitative estimate of drug-likeness (QED) is 0.656. The molecule has 1 aromatic rings. The highest BCUT2D eigenvalue weighted by atomic mass is 16.6. The maximum absolute atomic E-state index is 8.97. The van der Waals surface area contributed by atoms with Gasteiger partial charge in [0.05, 0.1) is 0 Å². The predicted molar refractivity (Wildman–Crippen MR) is 57.3 cm³/mol. The fourth-order valence-corrected chi connectivity index (χ4v) is 0.962. The number of carbonyl (C=O) groups is 1. The third-order valence-corrected chi connectivity index (χ3v) is 1.44. The third-order valence-electron chi connectivity index (χ3n) is 1.44. The first-order valence-corrected chi connectivity index (χ1v) is 4.26. The van der Waals surface area contributed by atoms with Gasteiger partial charge in [0.2, 0.25) is 0 Å². The lowest BCUT2D eigenvalue weighted by atomic mass is 10.1. The normalized spacial score (nSPS) is 8.60. The van der Waals surface area contributed by atoms with E-state index in [1.165, 1.54) is 5.56 Å². The molecular formula is C11H14O4. The van der Waals surface area contributed by atoms with Crippen molar-refractivity contribution < 1.29 is 20.1 Å². The first kappa shape index (κ1) is 13.0. The molecule has 0 atom stereocenters. The minimum Gasteiger partial charge on any atom is -0.508 e. The summed E-state index contributed by atoms with van der Waals surface area (Å²) in [4.78, 5) is 8.56. The molecule has 15 heavy (non-hydrogen) atoms. The standard InChI is InChI=1S/C10H12O.CH2O3/c1-8(2)7-9-3-5-10(11)6-4-9;2-1(3)4/h3-6,11H,1,7H2,2H3;(H2,2,3,4). The molecule has 1 rings (SSSR count). The van der Waals surface area contributed by atoms with Gasteiger partial charge in [-0.05, 0) is 31.0 Å². The second-order valence-electron chi connectivity index (χ2n) is 3.08. The van der Waals surface area contributed by atoms with Crippen LogP contribution in [0.2, 0.25) is 0 Å². The molecule has 0 fully saturated rings. The smallest absolute Gasteiger partial charge is 0.503 e. The van der Waals surface area contributed by atoms with Gasteiger partial charge in [-0.2, -0.15) is 0 Å². The van der Waals surface area contributed by atoms with Crippen LogP contribution in [0, 0.1) is 0 Å². The van der Waals surface area contributed by atoms with Crippen LogP contribution in [0.5, 0.6) is 5.75 Å². The van der Waals surface area contributed by atoms with E-state index in [0.29, 0.717) is 5.75 Å². The van der Waals surface area contributed by atoms with E-state index >= 15 is 0 Å². The highest BCUT2D eigenvalue weighted by Gasteiger charge is 1.92. The van der Waals surface area contributed by atoms with Crippen LogP contribution < -0.4 is 0 Å². The van der Waals surface area contributed by atoms with Crippen LogP contribution in [-0.4, -0.2) is 21.5 Å².